The fraction of sp³-hybridized carbons (Fsp3) is 0.130. The maximum absolute atomic E-state index is 12.6. The zero-order valence-corrected chi connectivity index (χ0v) is 18.4. The summed E-state index contributed by atoms with van der Waals surface area (Å²) in [6.45, 7) is 1.92. The van der Waals surface area contributed by atoms with Gasteiger partial charge in [0.25, 0.3) is 5.91 Å². The molecule has 4 rings (SSSR count). The van der Waals surface area contributed by atoms with E-state index in [4.69, 9.17) is 26.1 Å². The Bertz CT molecular complexity index is 1290. The molecule has 0 atom stereocenters. The Hall–Kier alpha value is -3.98. The summed E-state index contributed by atoms with van der Waals surface area (Å²) in [4.78, 5) is 21.3. The molecule has 8 nitrogen and oxygen atoms in total. The van der Waals surface area contributed by atoms with Gasteiger partial charge in [-0.05, 0) is 67.2 Å². The number of thiocarbonyl (C=S) groups is 1. The number of oxazole rings is 1. The third-order valence-electron chi connectivity index (χ3n) is 4.85. The maximum atomic E-state index is 12.6. The van der Waals surface area contributed by atoms with Gasteiger partial charge in [0.1, 0.15) is 0 Å². The lowest BCUT2D eigenvalue weighted by atomic mass is 10.1. The van der Waals surface area contributed by atoms with Gasteiger partial charge in [0.2, 0.25) is 5.89 Å². The van der Waals surface area contributed by atoms with E-state index in [1.165, 1.54) is 14.2 Å². The molecule has 0 saturated heterocycles. The summed E-state index contributed by atoms with van der Waals surface area (Å²) < 4.78 is 16.3. The summed E-state index contributed by atoms with van der Waals surface area (Å²) >= 11 is 5.35. The number of fused-ring (bicyclic) bond motifs is 1. The van der Waals surface area contributed by atoms with Crippen LogP contribution in [0.4, 0.5) is 5.69 Å². The zero-order valence-electron chi connectivity index (χ0n) is 17.6. The Labute approximate surface area is 189 Å². The van der Waals surface area contributed by atoms with E-state index in [9.17, 15) is 4.79 Å². The Morgan fingerprint density at radius 3 is 2.62 bits per heavy atom. The molecule has 0 radical (unpaired) electrons. The molecule has 2 heterocycles. The van der Waals surface area contributed by atoms with E-state index < -0.39 is 0 Å². The number of rotatable bonds is 5. The number of hydrogen-bond acceptors (Lipinski definition) is 7. The predicted molar refractivity (Wildman–Crippen MR) is 125 cm³/mol. The molecule has 0 spiro atoms. The van der Waals surface area contributed by atoms with Crippen LogP contribution in [0.5, 0.6) is 11.5 Å². The normalized spacial score (nSPS) is 10.6. The van der Waals surface area contributed by atoms with Gasteiger partial charge < -0.3 is 19.2 Å². The number of carbonyl (C=O) groups is 1. The SMILES string of the molecule is COc1ccc(C(=O)NC(=S)Nc2cccc(-c3nc4ncccc4o3)c2C)cc1OC. The molecule has 2 N–H and O–H groups in total. The minimum absolute atomic E-state index is 0.157. The van der Waals surface area contributed by atoms with Crippen LogP contribution in [0.15, 0.2) is 59.1 Å². The van der Waals surface area contributed by atoms with Gasteiger partial charge in [-0.2, -0.15) is 4.98 Å². The van der Waals surface area contributed by atoms with Gasteiger partial charge in [-0.1, -0.05) is 6.07 Å². The van der Waals surface area contributed by atoms with Gasteiger partial charge in [-0.25, -0.2) is 4.98 Å². The quantitative estimate of drug-likeness (QED) is 0.435. The van der Waals surface area contributed by atoms with E-state index in [-0.39, 0.29) is 11.0 Å². The third-order valence-corrected chi connectivity index (χ3v) is 5.05. The summed E-state index contributed by atoms with van der Waals surface area (Å²) in [5.74, 6) is 1.07. The van der Waals surface area contributed by atoms with Crippen molar-refractivity contribution in [2.24, 2.45) is 0 Å². The average molecular weight is 449 g/mol. The number of nitrogens with one attached hydrogen (secondary N) is 2. The van der Waals surface area contributed by atoms with Crippen LogP contribution in [-0.4, -0.2) is 35.2 Å². The lowest BCUT2D eigenvalue weighted by Crippen LogP contribution is -2.34. The first-order valence-corrected chi connectivity index (χ1v) is 10.1. The minimum Gasteiger partial charge on any atom is -0.493 e. The molecule has 0 aliphatic heterocycles. The number of nitrogens with zero attached hydrogens (tertiary/aromatic N) is 2. The van der Waals surface area contributed by atoms with Gasteiger partial charge >= 0.3 is 0 Å². The molecule has 32 heavy (non-hydrogen) atoms. The molecular weight excluding hydrogens is 428 g/mol. The van der Waals surface area contributed by atoms with Crippen molar-refractivity contribution in [3.63, 3.8) is 0 Å². The highest BCUT2D eigenvalue weighted by atomic mass is 32.1. The van der Waals surface area contributed by atoms with Crippen molar-refractivity contribution in [3.8, 4) is 23.0 Å². The van der Waals surface area contributed by atoms with E-state index in [0.717, 1.165) is 16.8 Å². The number of ether oxygens (including phenoxy) is 2. The van der Waals surface area contributed by atoms with Crippen molar-refractivity contribution >= 4 is 40.2 Å². The van der Waals surface area contributed by atoms with Crippen LogP contribution in [0.2, 0.25) is 0 Å². The molecule has 0 unspecified atom stereocenters. The molecule has 0 aliphatic rings. The Kier molecular flexibility index (Phi) is 6.00. The first-order valence-electron chi connectivity index (χ1n) is 9.66. The fourth-order valence-electron chi connectivity index (χ4n) is 3.19. The molecule has 9 heteroatoms. The van der Waals surface area contributed by atoms with Crippen LogP contribution in [0.3, 0.4) is 0 Å². The molecular formula is C23H20N4O4S. The molecule has 0 aliphatic carbocycles. The van der Waals surface area contributed by atoms with Crippen LogP contribution in [-0.2, 0) is 0 Å². The van der Waals surface area contributed by atoms with E-state index >= 15 is 0 Å². The predicted octanol–water partition coefficient (Wildman–Crippen LogP) is 4.34. The topological polar surface area (TPSA) is 98.5 Å². The summed E-state index contributed by atoms with van der Waals surface area (Å²) in [7, 11) is 3.04. The summed E-state index contributed by atoms with van der Waals surface area (Å²) in [6.07, 6.45) is 1.67. The largest absolute Gasteiger partial charge is 0.493 e. The Balaban J connectivity index is 1.51. The number of aromatic nitrogens is 2. The van der Waals surface area contributed by atoms with Crippen LogP contribution in [0.25, 0.3) is 22.7 Å². The smallest absolute Gasteiger partial charge is 0.257 e. The van der Waals surface area contributed by atoms with Crippen LogP contribution in [0.1, 0.15) is 15.9 Å². The van der Waals surface area contributed by atoms with Crippen molar-refractivity contribution in [3.05, 3.63) is 65.9 Å². The molecule has 162 valence electrons. The first kappa shape index (κ1) is 21.3. The van der Waals surface area contributed by atoms with Gasteiger partial charge in [0, 0.05) is 23.0 Å². The van der Waals surface area contributed by atoms with Crippen molar-refractivity contribution in [1.29, 1.82) is 0 Å². The number of hydrogen-bond donors (Lipinski definition) is 2. The number of anilines is 1. The Morgan fingerprint density at radius 1 is 1.06 bits per heavy atom. The number of pyridine rings is 1. The van der Waals surface area contributed by atoms with E-state index in [1.807, 2.05) is 31.2 Å². The lowest BCUT2D eigenvalue weighted by Gasteiger charge is -2.14. The van der Waals surface area contributed by atoms with E-state index in [2.05, 4.69) is 20.6 Å². The second kappa shape index (κ2) is 9.03. The number of carbonyl (C=O) groups excluding carboxylic acids is 1. The molecule has 4 aromatic rings. The van der Waals surface area contributed by atoms with Crippen molar-refractivity contribution in [1.82, 2.24) is 15.3 Å². The van der Waals surface area contributed by atoms with Crippen LogP contribution < -0.4 is 20.1 Å². The highest BCUT2D eigenvalue weighted by molar-refractivity contribution is 7.80. The second-order valence-electron chi connectivity index (χ2n) is 6.80. The van der Waals surface area contributed by atoms with Crippen molar-refractivity contribution in [2.45, 2.75) is 6.92 Å². The molecule has 0 fully saturated rings. The van der Waals surface area contributed by atoms with Crippen LogP contribution in [0, 0.1) is 6.92 Å². The molecule has 0 bridgehead atoms. The number of methoxy groups -OCH3 is 2. The number of benzene rings is 2. The molecule has 2 aromatic heterocycles. The highest BCUT2D eigenvalue weighted by Gasteiger charge is 2.15. The van der Waals surface area contributed by atoms with E-state index in [0.29, 0.717) is 34.2 Å². The maximum Gasteiger partial charge on any atom is 0.257 e. The molecule has 1 amide bonds. The molecule has 0 saturated carbocycles. The van der Waals surface area contributed by atoms with Gasteiger partial charge in [-0.3, -0.25) is 10.1 Å². The van der Waals surface area contributed by atoms with Gasteiger partial charge in [0.05, 0.1) is 14.2 Å². The van der Waals surface area contributed by atoms with E-state index in [1.54, 1.807) is 30.5 Å². The summed E-state index contributed by atoms with van der Waals surface area (Å²) in [6, 6.07) is 14.1. The summed E-state index contributed by atoms with van der Waals surface area (Å²) in [5.41, 5.74) is 3.91. The van der Waals surface area contributed by atoms with Crippen molar-refractivity contribution < 1.29 is 18.7 Å². The van der Waals surface area contributed by atoms with Crippen molar-refractivity contribution in [2.75, 3.05) is 19.5 Å². The second-order valence-corrected chi connectivity index (χ2v) is 7.21. The zero-order chi connectivity index (χ0) is 22.7. The molecule has 2 aromatic carbocycles. The lowest BCUT2D eigenvalue weighted by molar-refractivity contribution is 0.0977. The summed E-state index contributed by atoms with van der Waals surface area (Å²) in [5, 5.41) is 5.90. The monoisotopic (exact) mass is 448 g/mol. The van der Waals surface area contributed by atoms with Crippen LogP contribution >= 0.6 is 12.2 Å². The average Bonchev–Trinajstić information content (AvgIpc) is 3.23. The standard InChI is InChI=1S/C23H20N4O4S/c1-13-15(22-26-20-18(31-22)8-5-11-24-20)6-4-7-16(13)25-23(32)27-21(28)14-9-10-17(29-2)19(12-14)30-3/h4-12H,1-3H3,(H2,25,27,28,32). The Morgan fingerprint density at radius 2 is 1.88 bits per heavy atom. The fourth-order valence-corrected chi connectivity index (χ4v) is 3.40. The third kappa shape index (κ3) is 4.23. The van der Waals surface area contributed by atoms with Gasteiger partial charge in [-0.15, -0.1) is 0 Å². The minimum atomic E-state index is -0.373. The first-order chi connectivity index (χ1) is 15.5. The van der Waals surface area contributed by atoms with Gasteiger partial charge in [0.15, 0.2) is 27.8 Å². The highest BCUT2D eigenvalue weighted by Crippen LogP contribution is 2.30. The number of amides is 1.